The Balaban J connectivity index is 3.14. The minimum Gasteiger partial charge on any atom is -0.368 e. The molecule has 0 radical (unpaired) electrons. The molecule has 0 aromatic heterocycles. The van der Waals surface area contributed by atoms with Gasteiger partial charge in [0.05, 0.1) is 0 Å². The van der Waals surface area contributed by atoms with E-state index < -0.39 is 70.2 Å². The maximum atomic E-state index is 13.2. The van der Waals surface area contributed by atoms with Crippen LogP contribution in [0.2, 0.25) is 0 Å². The maximum absolute atomic E-state index is 13.2. The Bertz CT molecular complexity index is 906. The second kappa shape index (κ2) is 11.3. The van der Waals surface area contributed by atoms with Crippen LogP contribution in [0.25, 0.3) is 0 Å². The molecule has 1 aliphatic rings. The highest BCUT2D eigenvalue weighted by molar-refractivity contribution is 5.95. The number of carbonyl (C=O) groups excluding carboxylic acids is 5. The molecule has 0 aliphatic carbocycles. The molecule has 0 spiro atoms. The number of alkyl halides is 3. The lowest BCUT2D eigenvalue weighted by atomic mass is 9.84. The first-order valence-corrected chi connectivity index (χ1v) is 12.0. The van der Waals surface area contributed by atoms with Crippen LogP contribution in [0.1, 0.15) is 74.7 Å². The molecule has 1 rings (SSSR count). The van der Waals surface area contributed by atoms with Gasteiger partial charge in [-0.05, 0) is 43.9 Å². The Morgan fingerprint density at radius 1 is 0.973 bits per heavy atom. The lowest BCUT2D eigenvalue weighted by Crippen LogP contribution is -2.60. The zero-order chi connectivity index (χ0) is 29.1. The van der Waals surface area contributed by atoms with E-state index in [9.17, 15) is 37.1 Å². The molecule has 0 bridgehead atoms. The predicted molar refractivity (Wildman–Crippen MR) is 130 cm³/mol. The standard InChI is InChI=1S/C24H40F3N5O5/c1-21(2,3)11-14(30-19(36)15(22(4,5)6)31-20(37)24(25,26)27)18(35)29-13(16(28)33)9-12-10-23(7,8)32-17(12)34/h12-15H,9-11H2,1-8H3,(H2,28,33)(H,29,35)(H,30,36)(H,31,37)(H,32,34)/t12-,13+,14+,15-/m1/s1. The predicted octanol–water partition coefficient (Wildman–Crippen LogP) is 1.28. The lowest BCUT2D eigenvalue weighted by Gasteiger charge is -2.33. The molecule has 0 saturated carbocycles. The number of amides is 5. The van der Waals surface area contributed by atoms with Crippen molar-refractivity contribution >= 4 is 29.5 Å². The van der Waals surface area contributed by atoms with Crippen LogP contribution in [-0.4, -0.2) is 59.4 Å². The van der Waals surface area contributed by atoms with Crippen LogP contribution in [-0.2, 0) is 24.0 Å². The zero-order valence-electron chi connectivity index (χ0n) is 22.7. The molecule has 37 heavy (non-hydrogen) atoms. The minimum atomic E-state index is -5.21. The summed E-state index contributed by atoms with van der Waals surface area (Å²) < 4.78 is 38.6. The van der Waals surface area contributed by atoms with Gasteiger partial charge in [-0.2, -0.15) is 13.2 Å². The van der Waals surface area contributed by atoms with Gasteiger partial charge in [-0.1, -0.05) is 41.5 Å². The molecule has 0 unspecified atom stereocenters. The average Bonchev–Trinajstić information content (AvgIpc) is 2.92. The van der Waals surface area contributed by atoms with Gasteiger partial charge >= 0.3 is 12.1 Å². The van der Waals surface area contributed by atoms with Crippen LogP contribution in [0, 0.1) is 16.7 Å². The van der Waals surface area contributed by atoms with Crippen molar-refractivity contribution in [3.63, 3.8) is 0 Å². The number of nitrogens with one attached hydrogen (secondary N) is 4. The van der Waals surface area contributed by atoms with E-state index in [1.54, 1.807) is 26.1 Å². The van der Waals surface area contributed by atoms with Crippen molar-refractivity contribution in [3.8, 4) is 0 Å². The molecule has 10 nitrogen and oxygen atoms in total. The fraction of sp³-hybridized carbons (Fsp3) is 0.792. The normalized spacial score (nSPS) is 20.3. The van der Waals surface area contributed by atoms with Gasteiger partial charge in [-0.15, -0.1) is 0 Å². The van der Waals surface area contributed by atoms with Gasteiger partial charge in [0.1, 0.15) is 18.1 Å². The second-order valence-electron chi connectivity index (χ2n) is 12.6. The van der Waals surface area contributed by atoms with Crippen molar-refractivity contribution in [2.45, 2.75) is 104 Å². The lowest BCUT2D eigenvalue weighted by molar-refractivity contribution is -0.175. The number of rotatable bonds is 9. The Hall–Kier alpha value is -2.86. The molecule has 6 N–H and O–H groups in total. The number of nitrogens with two attached hydrogens (primary N) is 1. The number of halogens is 3. The van der Waals surface area contributed by atoms with E-state index in [2.05, 4.69) is 16.0 Å². The molecular weight excluding hydrogens is 495 g/mol. The number of primary amides is 1. The van der Waals surface area contributed by atoms with Crippen LogP contribution >= 0.6 is 0 Å². The number of hydrogen-bond donors (Lipinski definition) is 5. The molecule has 1 fully saturated rings. The highest BCUT2D eigenvalue weighted by atomic mass is 19.4. The van der Waals surface area contributed by atoms with E-state index in [1.165, 1.54) is 20.8 Å². The summed E-state index contributed by atoms with van der Waals surface area (Å²) in [5.41, 5.74) is 3.33. The third kappa shape index (κ3) is 10.2. The van der Waals surface area contributed by atoms with Gasteiger partial charge < -0.3 is 27.0 Å². The third-order valence-corrected chi connectivity index (χ3v) is 5.88. The van der Waals surface area contributed by atoms with E-state index in [4.69, 9.17) is 5.73 Å². The summed E-state index contributed by atoms with van der Waals surface area (Å²) in [7, 11) is 0. The summed E-state index contributed by atoms with van der Waals surface area (Å²) in [4.78, 5) is 62.2. The van der Waals surface area contributed by atoms with Gasteiger partial charge in [-0.25, -0.2) is 0 Å². The molecule has 1 saturated heterocycles. The Kier molecular flexibility index (Phi) is 9.79. The van der Waals surface area contributed by atoms with E-state index in [-0.39, 0.29) is 18.7 Å². The zero-order valence-corrected chi connectivity index (χ0v) is 22.7. The topological polar surface area (TPSA) is 159 Å². The smallest absolute Gasteiger partial charge is 0.368 e. The van der Waals surface area contributed by atoms with Crippen molar-refractivity contribution in [3.05, 3.63) is 0 Å². The second-order valence-corrected chi connectivity index (χ2v) is 12.6. The molecule has 4 atom stereocenters. The van der Waals surface area contributed by atoms with Gasteiger partial charge in [-0.3, -0.25) is 24.0 Å². The Labute approximate surface area is 215 Å². The van der Waals surface area contributed by atoms with Gasteiger partial charge in [0.15, 0.2) is 0 Å². The highest BCUT2D eigenvalue weighted by Crippen LogP contribution is 2.28. The van der Waals surface area contributed by atoms with Crippen LogP contribution in [0.4, 0.5) is 13.2 Å². The van der Waals surface area contributed by atoms with Crippen molar-refractivity contribution in [2.75, 3.05) is 0 Å². The first-order valence-electron chi connectivity index (χ1n) is 12.0. The van der Waals surface area contributed by atoms with Crippen LogP contribution < -0.4 is 27.0 Å². The van der Waals surface area contributed by atoms with Crippen molar-refractivity contribution in [1.29, 1.82) is 0 Å². The fourth-order valence-corrected chi connectivity index (χ4v) is 4.15. The third-order valence-electron chi connectivity index (χ3n) is 5.88. The molecule has 0 aromatic carbocycles. The average molecular weight is 536 g/mol. The Morgan fingerprint density at radius 2 is 1.49 bits per heavy atom. The van der Waals surface area contributed by atoms with Crippen LogP contribution in [0.5, 0.6) is 0 Å². The molecule has 1 heterocycles. The first-order chi connectivity index (χ1) is 16.4. The summed E-state index contributed by atoms with van der Waals surface area (Å²) >= 11 is 0. The van der Waals surface area contributed by atoms with Crippen LogP contribution in [0.3, 0.4) is 0 Å². The number of hydrogen-bond acceptors (Lipinski definition) is 5. The van der Waals surface area contributed by atoms with Crippen molar-refractivity contribution < 1.29 is 37.1 Å². The summed E-state index contributed by atoms with van der Waals surface area (Å²) in [5, 5.41) is 9.41. The monoisotopic (exact) mass is 535 g/mol. The van der Waals surface area contributed by atoms with E-state index >= 15 is 0 Å². The quantitative estimate of drug-likeness (QED) is 0.300. The van der Waals surface area contributed by atoms with Crippen molar-refractivity contribution in [2.24, 2.45) is 22.5 Å². The van der Waals surface area contributed by atoms with Crippen LogP contribution in [0.15, 0.2) is 0 Å². The summed E-state index contributed by atoms with van der Waals surface area (Å²) in [6, 6.07) is -4.11. The van der Waals surface area contributed by atoms with E-state index in [0.717, 1.165) is 0 Å². The molecule has 5 amide bonds. The van der Waals surface area contributed by atoms with E-state index in [1.807, 2.05) is 13.8 Å². The minimum absolute atomic E-state index is 0.0527. The van der Waals surface area contributed by atoms with Crippen molar-refractivity contribution in [1.82, 2.24) is 21.3 Å². The molecule has 13 heteroatoms. The molecule has 212 valence electrons. The Morgan fingerprint density at radius 3 is 1.86 bits per heavy atom. The molecule has 1 aliphatic heterocycles. The maximum Gasteiger partial charge on any atom is 0.471 e. The van der Waals surface area contributed by atoms with Gasteiger partial charge in [0, 0.05) is 11.5 Å². The summed E-state index contributed by atoms with van der Waals surface area (Å²) in [6.45, 7) is 13.4. The molecule has 0 aromatic rings. The largest absolute Gasteiger partial charge is 0.471 e. The first kappa shape index (κ1) is 32.2. The fourth-order valence-electron chi connectivity index (χ4n) is 4.15. The highest BCUT2D eigenvalue weighted by Gasteiger charge is 2.44. The van der Waals surface area contributed by atoms with Gasteiger partial charge in [0.2, 0.25) is 23.6 Å². The summed E-state index contributed by atoms with van der Waals surface area (Å²) in [6.07, 6.45) is -4.79. The summed E-state index contributed by atoms with van der Waals surface area (Å²) in [5.74, 6) is -5.81. The number of carbonyl (C=O) groups is 5. The SMILES string of the molecule is CC(C)(C)C[C@H](NC(=O)[C@@H](NC(=O)C(F)(F)F)C(C)(C)C)C(=O)N[C@@H](C[C@@H]1CC(C)(C)NC1=O)C(N)=O. The van der Waals surface area contributed by atoms with Gasteiger partial charge in [0.25, 0.3) is 0 Å². The molecular formula is C24H40F3N5O5. The van der Waals surface area contributed by atoms with E-state index in [0.29, 0.717) is 6.42 Å².